The van der Waals surface area contributed by atoms with Gasteiger partial charge in [-0.1, -0.05) is 66.7 Å². The fourth-order valence-corrected chi connectivity index (χ4v) is 4.77. The number of carbonyl (C=O) groups is 2. The van der Waals surface area contributed by atoms with E-state index in [0.29, 0.717) is 11.4 Å². The number of ether oxygens (including phenoxy) is 1. The van der Waals surface area contributed by atoms with Crippen LogP contribution in [0, 0.1) is 11.8 Å². The van der Waals surface area contributed by atoms with E-state index in [-0.39, 0.29) is 23.7 Å². The number of benzene rings is 3. The Hall–Kier alpha value is -3.40. The molecule has 0 N–H and O–H groups in total. The van der Waals surface area contributed by atoms with E-state index in [1.165, 1.54) is 4.90 Å². The Morgan fingerprint density at radius 3 is 1.79 bits per heavy atom. The summed E-state index contributed by atoms with van der Waals surface area (Å²) in [6, 6.07) is 26.9. The molecule has 3 aromatic rings. The highest BCUT2D eigenvalue weighted by Crippen LogP contribution is 2.68. The van der Waals surface area contributed by atoms with Crippen LogP contribution in [0.25, 0.3) is 0 Å². The zero-order chi connectivity index (χ0) is 19.3. The number of amides is 2. The predicted molar refractivity (Wildman–Crippen MR) is 106 cm³/mol. The van der Waals surface area contributed by atoms with Crippen molar-refractivity contribution >= 4 is 17.5 Å². The van der Waals surface area contributed by atoms with Crippen molar-refractivity contribution in [3.8, 4) is 5.75 Å². The number of hydrogen-bond acceptors (Lipinski definition) is 3. The van der Waals surface area contributed by atoms with Crippen LogP contribution in [-0.2, 0) is 15.0 Å². The lowest BCUT2D eigenvalue weighted by atomic mass is 9.83. The second-order valence-corrected chi connectivity index (χ2v) is 7.27. The Kier molecular flexibility index (Phi) is 3.63. The summed E-state index contributed by atoms with van der Waals surface area (Å²) < 4.78 is 5.25. The molecular weight excluding hydrogens is 350 g/mol. The minimum absolute atomic E-state index is 0.143. The lowest BCUT2D eigenvalue weighted by Gasteiger charge is -2.26. The summed E-state index contributed by atoms with van der Waals surface area (Å²) in [7, 11) is 1.57. The molecule has 0 bridgehead atoms. The molecule has 2 fully saturated rings. The molecule has 28 heavy (non-hydrogen) atoms. The molecule has 2 aliphatic rings. The maximum Gasteiger partial charge on any atom is 0.239 e. The SMILES string of the molecule is COc1cccc(N2C(=O)[C@@H]3[C@H](C2=O)C3(c2ccccc2)c2ccccc2)c1. The van der Waals surface area contributed by atoms with Gasteiger partial charge in [-0.3, -0.25) is 9.59 Å². The molecule has 1 aliphatic heterocycles. The van der Waals surface area contributed by atoms with E-state index in [1.54, 1.807) is 31.4 Å². The van der Waals surface area contributed by atoms with Gasteiger partial charge in [-0.05, 0) is 23.3 Å². The van der Waals surface area contributed by atoms with E-state index < -0.39 is 5.41 Å². The van der Waals surface area contributed by atoms with Crippen molar-refractivity contribution in [3.63, 3.8) is 0 Å². The quantitative estimate of drug-likeness (QED) is 0.657. The first-order valence-corrected chi connectivity index (χ1v) is 9.32. The molecule has 1 heterocycles. The van der Waals surface area contributed by atoms with Crippen molar-refractivity contribution in [2.24, 2.45) is 11.8 Å². The monoisotopic (exact) mass is 369 g/mol. The van der Waals surface area contributed by atoms with Gasteiger partial charge in [0.25, 0.3) is 0 Å². The summed E-state index contributed by atoms with van der Waals surface area (Å²) in [4.78, 5) is 28.1. The number of anilines is 1. The highest BCUT2D eigenvalue weighted by Gasteiger charge is 2.78. The fraction of sp³-hybridized carbons (Fsp3) is 0.167. The third kappa shape index (κ3) is 2.12. The van der Waals surface area contributed by atoms with Crippen molar-refractivity contribution in [2.75, 3.05) is 12.0 Å². The van der Waals surface area contributed by atoms with E-state index in [1.807, 2.05) is 60.7 Å². The molecule has 5 rings (SSSR count). The predicted octanol–water partition coefficient (Wildman–Crippen LogP) is 3.80. The molecular formula is C24H19NO3. The number of carbonyl (C=O) groups excluding carboxylic acids is 2. The van der Waals surface area contributed by atoms with E-state index in [0.717, 1.165) is 11.1 Å². The summed E-state index contributed by atoms with van der Waals surface area (Å²) in [6.45, 7) is 0. The average Bonchev–Trinajstić information content (AvgIpc) is 3.39. The van der Waals surface area contributed by atoms with Gasteiger partial charge in [0.1, 0.15) is 5.75 Å². The van der Waals surface area contributed by atoms with Gasteiger partial charge in [-0.25, -0.2) is 4.90 Å². The van der Waals surface area contributed by atoms with Gasteiger partial charge in [0, 0.05) is 11.5 Å². The maximum absolute atomic E-state index is 13.4. The van der Waals surface area contributed by atoms with Gasteiger partial charge in [-0.15, -0.1) is 0 Å². The Bertz CT molecular complexity index is 998. The van der Waals surface area contributed by atoms with Gasteiger partial charge >= 0.3 is 0 Å². The van der Waals surface area contributed by atoms with Crippen LogP contribution in [0.3, 0.4) is 0 Å². The van der Waals surface area contributed by atoms with E-state index in [2.05, 4.69) is 0 Å². The molecule has 4 heteroatoms. The highest BCUT2D eigenvalue weighted by atomic mass is 16.5. The minimum atomic E-state index is -0.577. The first-order chi connectivity index (χ1) is 13.7. The number of piperidine rings is 1. The molecule has 0 aromatic heterocycles. The Morgan fingerprint density at radius 1 is 0.750 bits per heavy atom. The zero-order valence-electron chi connectivity index (χ0n) is 15.4. The second kappa shape index (κ2) is 6.06. The van der Waals surface area contributed by atoms with Crippen LogP contribution in [0.2, 0.25) is 0 Å². The number of hydrogen-bond donors (Lipinski definition) is 0. The largest absolute Gasteiger partial charge is 0.497 e. The molecule has 0 radical (unpaired) electrons. The molecule has 0 unspecified atom stereocenters. The van der Waals surface area contributed by atoms with Gasteiger partial charge in [0.05, 0.1) is 24.6 Å². The van der Waals surface area contributed by atoms with Crippen LogP contribution in [0.5, 0.6) is 5.75 Å². The smallest absolute Gasteiger partial charge is 0.239 e. The zero-order valence-corrected chi connectivity index (χ0v) is 15.4. The average molecular weight is 369 g/mol. The second-order valence-electron chi connectivity index (χ2n) is 7.27. The van der Waals surface area contributed by atoms with Crippen molar-refractivity contribution < 1.29 is 14.3 Å². The van der Waals surface area contributed by atoms with E-state index in [4.69, 9.17) is 4.74 Å². The molecule has 4 nitrogen and oxygen atoms in total. The Balaban J connectivity index is 1.60. The van der Waals surface area contributed by atoms with E-state index in [9.17, 15) is 9.59 Å². The molecule has 1 aliphatic carbocycles. The summed E-state index contributed by atoms with van der Waals surface area (Å²) in [6.07, 6.45) is 0. The molecule has 1 saturated heterocycles. The first kappa shape index (κ1) is 16.8. The van der Waals surface area contributed by atoms with Crippen molar-refractivity contribution in [2.45, 2.75) is 5.41 Å². The van der Waals surface area contributed by atoms with Crippen molar-refractivity contribution in [1.82, 2.24) is 0 Å². The molecule has 1 saturated carbocycles. The fourth-order valence-electron chi connectivity index (χ4n) is 4.77. The van der Waals surface area contributed by atoms with Gasteiger partial charge in [0.2, 0.25) is 11.8 Å². The topological polar surface area (TPSA) is 46.6 Å². The van der Waals surface area contributed by atoms with Crippen LogP contribution in [0.1, 0.15) is 11.1 Å². The van der Waals surface area contributed by atoms with E-state index >= 15 is 0 Å². The Morgan fingerprint density at radius 2 is 1.29 bits per heavy atom. The molecule has 2 amide bonds. The summed E-state index contributed by atoms with van der Waals surface area (Å²) in [5, 5.41) is 0. The third-order valence-electron chi connectivity index (χ3n) is 5.99. The number of imide groups is 1. The van der Waals surface area contributed by atoms with Crippen LogP contribution in [0.4, 0.5) is 5.69 Å². The Labute approximate surface area is 163 Å². The molecule has 3 aromatic carbocycles. The third-order valence-corrected chi connectivity index (χ3v) is 5.99. The summed E-state index contributed by atoms with van der Waals surface area (Å²) in [5.74, 6) is -0.421. The lowest BCUT2D eigenvalue weighted by molar-refractivity contribution is -0.124. The van der Waals surface area contributed by atoms with Crippen molar-refractivity contribution in [1.29, 1.82) is 0 Å². The number of fused-ring (bicyclic) bond motifs is 1. The molecule has 2 atom stereocenters. The highest BCUT2D eigenvalue weighted by molar-refractivity contribution is 6.27. The molecule has 138 valence electrons. The summed E-state index contributed by atoms with van der Waals surface area (Å²) >= 11 is 0. The van der Waals surface area contributed by atoms with Crippen molar-refractivity contribution in [3.05, 3.63) is 96.1 Å². The molecule has 0 spiro atoms. The minimum Gasteiger partial charge on any atom is -0.497 e. The number of rotatable bonds is 4. The first-order valence-electron chi connectivity index (χ1n) is 9.32. The standard InChI is InChI=1S/C24H19NO3/c1-28-19-14-8-13-18(15-19)25-22(26)20-21(23(25)27)24(20,16-9-4-2-5-10-16)17-11-6-3-7-12-17/h2-15,20-21H,1H3/t20-,21+. The van der Waals surface area contributed by atoms with Crippen LogP contribution >= 0.6 is 0 Å². The van der Waals surface area contributed by atoms with Gasteiger partial charge in [-0.2, -0.15) is 0 Å². The van der Waals surface area contributed by atoms with Gasteiger partial charge < -0.3 is 4.74 Å². The lowest BCUT2D eigenvalue weighted by Crippen LogP contribution is -2.39. The maximum atomic E-state index is 13.4. The van der Waals surface area contributed by atoms with Crippen LogP contribution in [-0.4, -0.2) is 18.9 Å². The number of nitrogens with zero attached hydrogens (tertiary/aromatic N) is 1. The normalized spacial score (nSPS) is 22.1. The number of methoxy groups -OCH3 is 1. The van der Waals surface area contributed by atoms with Crippen LogP contribution < -0.4 is 9.64 Å². The summed E-state index contributed by atoms with van der Waals surface area (Å²) in [5.41, 5.74) is 2.02. The van der Waals surface area contributed by atoms with Crippen LogP contribution in [0.15, 0.2) is 84.9 Å². The van der Waals surface area contributed by atoms with Gasteiger partial charge in [0.15, 0.2) is 0 Å².